The van der Waals surface area contributed by atoms with E-state index in [1.165, 1.54) is 7.11 Å². The van der Waals surface area contributed by atoms with Crippen LogP contribution in [0, 0.1) is 0 Å². The van der Waals surface area contributed by atoms with E-state index in [2.05, 4.69) is 5.32 Å². The molecule has 20 heavy (non-hydrogen) atoms. The third kappa shape index (κ3) is 4.41. The van der Waals surface area contributed by atoms with Crippen molar-refractivity contribution < 1.29 is 17.9 Å². The lowest BCUT2D eigenvalue weighted by atomic mass is 10.3. The molecule has 0 radical (unpaired) electrons. The lowest BCUT2D eigenvalue weighted by Crippen LogP contribution is -2.40. The Morgan fingerprint density at radius 1 is 1.35 bits per heavy atom. The largest absolute Gasteiger partial charge is 0.495 e. The standard InChI is InChI=1S/C13H20N2O4S/c1-4-9-14-13(16)10-15(20(3,17)18)11-7-5-6-8-12(11)19-2/h5-8H,4,9-10H2,1-3H3,(H,14,16). The first-order valence-corrected chi connectivity index (χ1v) is 8.12. The third-order valence-electron chi connectivity index (χ3n) is 2.61. The molecule has 1 aromatic carbocycles. The fourth-order valence-corrected chi connectivity index (χ4v) is 2.53. The fraction of sp³-hybridized carbons (Fsp3) is 0.462. The molecule has 0 fully saturated rings. The van der Waals surface area contributed by atoms with Crippen molar-refractivity contribution in [3.05, 3.63) is 24.3 Å². The van der Waals surface area contributed by atoms with E-state index in [9.17, 15) is 13.2 Å². The van der Waals surface area contributed by atoms with Gasteiger partial charge in [-0.1, -0.05) is 19.1 Å². The van der Waals surface area contributed by atoms with Crippen LogP contribution in [-0.2, 0) is 14.8 Å². The molecule has 1 aromatic rings. The quantitative estimate of drug-likeness (QED) is 0.814. The van der Waals surface area contributed by atoms with Crippen LogP contribution in [0.3, 0.4) is 0 Å². The van der Waals surface area contributed by atoms with Crippen LogP contribution in [0.15, 0.2) is 24.3 Å². The smallest absolute Gasteiger partial charge is 0.240 e. The maximum atomic E-state index is 11.9. The minimum atomic E-state index is -3.58. The molecule has 0 atom stereocenters. The Kier molecular flexibility index (Phi) is 5.82. The van der Waals surface area contributed by atoms with Gasteiger partial charge in [-0.2, -0.15) is 0 Å². The number of rotatable bonds is 7. The number of methoxy groups -OCH3 is 1. The Labute approximate surface area is 119 Å². The van der Waals surface area contributed by atoms with E-state index in [-0.39, 0.29) is 12.5 Å². The second kappa shape index (κ2) is 7.14. The molecule has 1 rings (SSSR count). The van der Waals surface area contributed by atoms with Crippen molar-refractivity contribution in [3.8, 4) is 5.75 Å². The first kappa shape index (κ1) is 16.3. The molecule has 0 bridgehead atoms. The van der Waals surface area contributed by atoms with E-state index in [0.29, 0.717) is 18.0 Å². The molecule has 0 saturated heterocycles. The molecular formula is C13H20N2O4S. The van der Waals surface area contributed by atoms with Crippen molar-refractivity contribution in [1.82, 2.24) is 5.32 Å². The summed E-state index contributed by atoms with van der Waals surface area (Å²) in [5.74, 6) is 0.0596. The molecule has 0 aromatic heterocycles. The van der Waals surface area contributed by atoms with Gasteiger partial charge >= 0.3 is 0 Å². The molecule has 0 aliphatic rings. The zero-order valence-corrected chi connectivity index (χ0v) is 12.7. The van der Waals surface area contributed by atoms with Crippen LogP contribution in [0.1, 0.15) is 13.3 Å². The normalized spacial score (nSPS) is 10.9. The van der Waals surface area contributed by atoms with E-state index in [1.54, 1.807) is 24.3 Å². The highest BCUT2D eigenvalue weighted by molar-refractivity contribution is 7.92. The van der Waals surface area contributed by atoms with Gasteiger partial charge in [-0.3, -0.25) is 9.10 Å². The van der Waals surface area contributed by atoms with Crippen molar-refractivity contribution in [2.45, 2.75) is 13.3 Å². The molecule has 0 unspecified atom stereocenters. The van der Waals surface area contributed by atoms with Gasteiger partial charge in [0.25, 0.3) is 0 Å². The summed E-state index contributed by atoms with van der Waals surface area (Å²) >= 11 is 0. The molecule has 0 heterocycles. The highest BCUT2D eigenvalue weighted by Gasteiger charge is 2.23. The number of benzene rings is 1. The van der Waals surface area contributed by atoms with Crippen LogP contribution < -0.4 is 14.4 Å². The number of hydrogen-bond acceptors (Lipinski definition) is 4. The summed E-state index contributed by atoms with van der Waals surface area (Å²) in [6, 6.07) is 6.68. The fourth-order valence-electron chi connectivity index (χ4n) is 1.67. The molecular weight excluding hydrogens is 280 g/mol. The first-order chi connectivity index (χ1) is 9.40. The van der Waals surface area contributed by atoms with Crippen LogP contribution in [0.4, 0.5) is 5.69 Å². The van der Waals surface area contributed by atoms with Crippen molar-refractivity contribution >= 4 is 21.6 Å². The third-order valence-corrected chi connectivity index (χ3v) is 3.74. The lowest BCUT2D eigenvalue weighted by molar-refractivity contribution is -0.119. The SMILES string of the molecule is CCCNC(=O)CN(c1ccccc1OC)S(C)(=O)=O. The van der Waals surface area contributed by atoms with E-state index in [1.807, 2.05) is 6.92 Å². The number of carbonyl (C=O) groups excluding carboxylic acids is 1. The van der Waals surface area contributed by atoms with E-state index in [4.69, 9.17) is 4.74 Å². The summed E-state index contributed by atoms with van der Waals surface area (Å²) in [7, 11) is -2.12. The van der Waals surface area contributed by atoms with Gasteiger partial charge in [0, 0.05) is 6.54 Å². The van der Waals surface area contributed by atoms with Gasteiger partial charge < -0.3 is 10.1 Å². The predicted molar refractivity (Wildman–Crippen MR) is 78.5 cm³/mol. The molecule has 0 spiro atoms. The number of nitrogens with one attached hydrogen (secondary N) is 1. The van der Waals surface area contributed by atoms with E-state index >= 15 is 0 Å². The molecule has 112 valence electrons. The molecule has 0 saturated carbocycles. The summed E-state index contributed by atoms with van der Waals surface area (Å²) in [4.78, 5) is 11.8. The Hall–Kier alpha value is -1.76. The van der Waals surface area contributed by atoms with E-state index < -0.39 is 10.0 Å². The average molecular weight is 300 g/mol. The number of para-hydroxylation sites is 2. The molecule has 0 aliphatic carbocycles. The predicted octanol–water partition coefficient (Wildman–Crippen LogP) is 0.987. The second-order valence-corrected chi connectivity index (χ2v) is 6.20. The minimum Gasteiger partial charge on any atom is -0.495 e. The van der Waals surface area contributed by atoms with Gasteiger partial charge in [0.15, 0.2) is 0 Å². The number of sulfonamides is 1. The molecule has 1 amide bonds. The number of hydrogen-bond donors (Lipinski definition) is 1. The molecule has 7 heteroatoms. The summed E-state index contributed by atoms with van der Waals surface area (Å²) in [5, 5.41) is 2.66. The van der Waals surface area contributed by atoms with Crippen molar-refractivity contribution in [2.24, 2.45) is 0 Å². The zero-order chi connectivity index (χ0) is 15.2. The Balaban J connectivity index is 3.05. The molecule has 1 N–H and O–H groups in total. The van der Waals surface area contributed by atoms with Crippen molar-refractivity contribution in [1.29, 1.82) is 0 Å². The van der Waals surface area contributed by atoms with Gasteiger partial charge in [-0.25, -0.2) is 8.42 Å². The second-order valence-electron chi connectivity index (χ2n) is 4.29. The van der Waals surface area contributed by atoms with E-state index in [0.717, 1.165) is 17.0 Å². The monoisotopic (exact) mass is 300 g/mol. The van der Waals surface area contributed by atoms with Crippen LogP contribution in [0.5, 0.6) is 5.75 Å². The van der Waals surface area contributed by atoms with Gasteiger partial charge in [-0.05, 0) is 18.6 Å². The highest BCUT2D eigenvalue weighted by Crippen LogP contribution is 2.29. The van der Waals surface area contributed by atoms with Gasteiger partial charge in [-0.15, -0.1) is 0 Å². The maximum absolute atomic E-state index is 11.9. The van der Waals surface area contributed by atoms with Crippen molar-refractivity contribution in [3.63, 3.8) is 0 Å². The maximum Gasteiger partial charge on any atom is 0.240 e. The lowest BCUT2D eigenvalue weighted by Gasteiger charge is -2.23. The zero-order valence-electron chi connectivity index (χ0n) is 11.9. The average Bonchev–Trinajstić information content (AvgIpc) is 2.41. The number of carbonyl (C=O) groups is 1. The number of anilines is 1. The first-order valence-electron chi connectivity index (χ1n) is 6.27. The summed E-state index contributed by atoms with van der Waals surface area (Å²) < 4.78 is 30.0. The van der Waals surface area contributed by atoms with Crippen LogP contribution in [-0.4, -0.2) is 40.8 Å². The Morgan fingerprint density at radius 2 is 2.00 bits per heavy atom. The number of ether oxygens (including phenoxy) is 1. The Bertz CT molecular complexity index is 557. The molecule has 0 aliphatic heterocycles. The molecule has 6 nitrogen and oxygen atoms in total. The topological polar surface area (TPSA) is 75.7 Å². The minimum absolute atomic E-state index is 0.265. The summed E-state index contributed by atoms with van der Waals surface area (Å²) in [5.41, 5.74) is 0.351. The van der Waals surface area contributed by atoms with Crippen molar-refractivity contribution in [2.75, 3.05) is 30.8 Å². The summed E-state index contributed by atoms with van der Waals surface area (Å²) in [6.07, 6.45) is 1.85. The van der Waals surface area contributed by atoms with Crippen LogP contribution in [0.2, 0.25) is 0 Å². The Morgan fingerprint density at radius 3 is 2.55 bits per heavy atom. The number of amides is 1. The summed E-state index contributed by atoms with van der Waals surface area (Å²) in [6.45, 7) is 2.18. The van der Waals surface area contributed by atoms with Gasteiger partial charge in [0.1, 0.15) is 12.3 Å². The van der Waals surface area contributed by atoms with Gasteiger partial charge in [0.2, 0.25) is 15.9 Å². The van der Waals surface area contributed by atoms with Crippen LogP contribution in [0.25, 0.3) is 0 Å². The number of nitrogens with zero attached hydrogens (tertiary/aromatic N) is 1. The highest BCUT2D eigenvalue weighted by atomic mass is 32.2. The van der Waals surface area contributed by atoms with Crippen LogP contribution >= 0.6 is 0 Å². The van der Waals surface area contributed by atoms with Gasteiger partial charge in [0.05, 0.1) is 19.1 Å².